The Morgan fingerprint density at radius 3 is 2.37 bits per heavy atom. The molecule has 0 aliphatic heterocycles. The largest absolute Gasteiger partial charge is 0.461 e. The maximum absolute atomic E-state index is 5.56. The van der Waals surface area contributed by atoms with Gasteiger partial charge in [-0.15, -0.1) is 0 Å². The Hall–Kier alpha value is -1.59. The van der Waals surface area contributed by atoms with E-state index in [9.17, 15) is 0 Å². The molecule has 0 fully saturated rings. The van der Waals surface area contributed by atoms with E-state index in [1.54, 1.807) is 7.05 Å². The van der Waals surface area contributed by atoms with Crippen LogP contribution in [0.5, 0.6) is 6.01 Å². The van der Waals surface area contributed by atoms with Gasteiger partial charge in [-0.3, -0.25) is 0 Å². The number of aromatic nitrogens is 3. The van der Waals surface area contributed by atoms with Gasteiger partial charge in [0.2, 0.25) is 11.9 Å². The predicted octanol–water partition coefficient (Wildman–Crippen LogP) is 2.33. The number of rotatable bonds is 6. The monoisotopic (exact) mass is 267 g/mol. The average Bonchev–Trinajstić information content (AvgIpc) is 2.36. The van der Waals surface area contributed by atoms with Crippen LogP contribution >= 0.6 is 0 Å². The van der Waals surface area contributed by atoms with E-state index in [-0.39, 0.29) is 11.6 Å². The van der Waals surface area contributed by atoms with E-state index < -0.39 is 0 Å². The zero-order valence-corrected chi connectivity index (χ0v) is 13.0. The third-order valence-corrected chi connectivity index (χ3v) is 3.24. The Balaban J connectivity index is 3.12. The molecule has 1 rings (SSSR count). The first-order valence-corrected chi connectivity index (χ1v) is 6.64. The molecule has 1 aromatic rings. The van der Waals surface area contributed by atoms with Crippen molar-refractivity contribution in [1.29, 1.82) is 0 Å². The van der Waals surface area contributed by atoms with Gasteiger partial charge < -0.3 is 15.0 Å². The summed E-state index contributed by atoms with van der Waals surface area (Å²) in [6.07, 6.45) is 1.02. The molecular formula is C13H25N5O. The Bertz CT molecular complexity index is 419. The summed E-state index contributed by atoms with van der Waals surface area (Å²) >= 11 is 0. The van der Waals surface area contributed by atoms with Crippen LogP contribution in [0.15, 0.2) is 0 Å². The van der Waals surface area contributed by atoms with Crippen LogP contribution < -0.4 is 15.0 Å². The van der Waals surface area contributed by atoms with E-state index in [0.29, 0.717) is 17.9 Å². The second-order valence-electron chi connectivity index (χ2n) is 5.38. The highest BCUT2D eigenvalue weighted by Crippen LogP contribution is 2.23. The minimum Gasteiger partial charge on any atom is -0.461 e. The fourth-order valence-corrected chi connectivity index (χ4v) is 1.38. The van der Waals surface area contributed by atoms with Crippen LogP contribution in [0.1, 0.15) is 41.0 Å². The fraction of sp³-hybridized carbons (Fsp3) is 0.769. The average molecular weight is 267 g/mol. The van der Waals surface area contributed by atoms with Gasteiger partial charge in [0.25, 0.3) is 0 Å². The van der Waals surface area contributed by atoms with Crippen LogP contribution in [0, 0.1) is 0 Å². The van der Waals surface area contributed by atoms with Crippen LogP contribution in [0.4, 0.5) is 11.9 Å². The summed E-state index contributed by atoms with van der Waals surface area (Å²) in [5, 5.41) is 2.94. The predicted molar refractivity (Wildman–Crippen MR) is 77.9 cm³/mol. The summed E-state index contributed by atoms with van der Waals surface area (Å²) in [6, 6.07) is 0.350. The first kappa shape index (κ1) is 15.5. The molecule has 0 spiro atoms. The van der Waals surface area contributed by atoms with Gasteiger partial charge in [-0.05, 0) is 34.1 Å². The first-order valence-electron chi connectivity index (χ1n) is 6.64. The SMILES string of the molecule is CCC(C)(C)N(C)c1nc(NC)nc(OC(C)C)n1. The molecule has 1 heterocycles. The molecule has 0 unspecified atom stereocenters. The highest BCUT2D eigenvalue weighted by molar-refractivity contribution is 5.39. The summed E-state index contributed by atoms with van der Waals surface area (Å²) in [4.78, 5) is 15.0. The van der Waals surface area contributed by atoms with Crippen molar-refractivity contribution in [3.8, 4) is 6.01 Å². The van der Waals surface area contributed by atoms with Gasteiger partial charge in [-0.1, -0.05) is 6.92 Å². The van der Waals surface area contributed by atoms with Gasteiger partial charge >= 0.3 is 6.01 Å². The van der Waals surface area contributed by atoms with Crippen LogP contribution in [0.3, 0.4) is 0 Å². The standard InChI is InChI=1S/C13H25N5O/c1-8-13(4,5)18(7)11-15-10(14-6)16-12(17-11)19-9(2)3/h9H,8H2,1-7H3,(H,14,15,16,17). The van der Waals surface area contributed by atoms with Crippen molar-refractivity contribution in [1.82, 2.24) is 15.0 Å². The molecular weight excluding hydrogens is 242 g/mol. The van der Waals surface area contributed by atoms with Crippen LogP contribution in [-0.4, -0.2) is 40.7 Å². The van der Waals surface area contributed by atoms with Crippen molar-refractivity contribution in [2.24, 2.45) is 0 Å². The molecule has 0 atom stereocenters. The lowest BCUT2D eigenvalue weighted by Gasteiger charge is -2.34. The Morgan fingerprint density at radius 1 is 1.26 bits per heavy atom. The molecule has 1 N–H and O–H groups in total. The molecule has 0 aliphatic rings. The summed E-state index contributed by atoms with van der Waals surface area (Å²) in [6.45, 7) is 10.3. The minimum atomic E-state index is -0.0263. The lowest BCUT2D eigenvalue weighted by Crippen LogP contribution is -2.41. The van der Waals surface area contributed by atoms with Gasteiger partial charge in [0.15, 0.2) is 0 Å². The van der Waals surface area contributed by atoms with Crippen molar-refractivity contribution in [2.45, 2.75) is 52.7 Å². The highest BCUT2D eigenvalue weighted by atomic mass is 16.5. The topological polar surface area (TPSA) is 63.2 Å². The summed E-state index contributed by atoms with van der Waals surface area (Å²) in [7, 11) is 3.76. The molecule has 0 aliphatic carbocycles. The van der Waals surface area contributed by atoms with Crippen molar-refractivity contribution in [3.05, 3.63) is 0 Å². The number of nitrogens with zero attached hydrogens (tertiary/aromatic N) is 4. The number of hydrogen-bond donors (Lipinski definition) is 1. The third-order valence-electron chi connectivity index (χ3n) is 3.24. The molecule has 0 amide bonds. The Labute approximate surface area is 115 Å². The second kappa shape index (κ2) is 6.04. The number of hydrogen-bond acceptors (Lipinski definition) is 6. The molecule has 0 saturated heterocycles. The molecule has 6 nitrogen and oxygen atoms in total. The minimum absolute atomic E-state index is 0.0263. The Morgan fingerprint density at radius 2 is 1.89 bits per heavy atom. The molecule has 6 heteroatoms. The van der Waals surface area contributed by atoms with Gasteiger partial charge in [-0.2, -0.15) is 15.0 Å². The van der Waals surface area contributed by atoms with E-state index >= 15 is 0 Å². The third kappa shape index (κ3) is 3.94. The van der Waals surface area contributed by atoms with E-state index in [4.69, 9.17) is 4.74 Å². The van der Waals surface area contributed by atoms with Crippen LogP contribution in [0.2, 0.25) is 0 Å². The summed E-state index contributed by atoms with van der Waals surface area (Å²) < 4.78 is 5.56. The summed E-state index contributed by atoms with van der Waals surface area (Å²) in [5.74, 6) is 1.13. The van der Waals surface area contributed by atoms with Gasteiger partial charge in [0, 0.05) is 19.6 Å². The quantitative estimate of drug-likeness (QED) is 0.853. The molecule has 19 heavy (non-hydrogen) atoms. The lowest BCUT2D eigenvalue weighted by atomic mass is 10.0. The smallest absolute Gasteiger partial charge is 0.323 e. The van der Waals surface area contributed by atoms with Crippen molar-refractivity contribution in [2.75, 3.05) is 24.3 Å². The fourth-order valence-electron chi connectivity index (χ4n) is 1.38. The number of anilines is 2. The van der Waals surface area contributed by atoms with Crippen molar-refractivity contribution >= 4 is 11.9 Å². The molecule has 0 saturated carbocycles. The van der Waals surface area contributed by atoms with E-state index in [0.717, 1.165) is 6.42 Å². The van der Waals surface area contributed by atoms with Gasteiger partial charge in [0.05, 0.1) is 6.10 Å². The van der Waals surface area contributed by atoms with E-state index in [2.05, 4.69) is 41.0 Å². The van der Waals surface area contributed by atoms with E-state index in [1.807, 2.05) is 25.8 Å². The zero-order chi connectivity index (χ0) is 14.6. The highest BCUT2D eigenvalue weighted by Gasteiger charge is 2.24. The van der Waals surface area contributed by atoms with Gasteiger partial charge in [-0.25, -0.2) is 0 Å². The van der Waals surface area contributed by atoms with Gasteiger partial charge in [0.1, 0.15) is 0 Å². The van der Waals surface area contributed by atoms with Crippen molar-refractivity contribution in [3.63, 3.8) is 0 Å². The zero-order valence-electron chi connectivity index (χ0n) is 13.0. The molecule has 0 bridgehead atoms. The Kier molecular flexibility index (Phi) is 4.91. The normalized spacial score (nSPS) is 11.6. The maximum atomic E-state index is 5.56. The second-order valence-corrected chi connectivity index (χ2v) is 5.38. The van der Waals surface area contributed by atoms with Crippen molar-refractivity contribution < 1.29 is 4.74 Å². The summed E-state index contributed by atoms with van der Waals surface area (Å²) in [5.41, 5.74) is -0.0263. The molecule has 0 aromatic carbocycles. The van der Waals surface area contributed by atoms with Crippen LogP contribution in [0.25, 0.3) is 0 Å². The lowest BCUT2D eigenvalue weighted by molar-refractivity contribution is 0.221. The maximum Gasteiger partial charge on any atom is 0.323 e. The molecule has 0 radical (unpaired) electrons. The number of nitrogens with one attached hydrogen (secondary N) is 1. The first-order chi connectivity index (χ1) is 8.80. The number of ether oxygens (including phenoxy) is 1. The van der Waals surface area contributed by atoms with Crippen LogP contribution in [-0.2, 0) is 0 Å². The molecule has 108 valence electrons. The molecule has 1 aromatic heterocycles. The van der Waals surface area contributed by atoms with E-state index in [1.165, 1.54) is 0 Å².